The minimum absolute atomic E-state index is 0.703. The monoisotopic (exact) mass is 321 g/mol. The van der Waals surface area contributed by atoms with Gasteiger partial charge in [0.05, 0.1) is 0 Å². The van der Waals surface area contributed by atoms with Crippen LogP contribution in [0.15, 0.2) is 28.7 Å². The van der Waals surface area contributed by atoms with E-state index >= 15 is 0 Å². The Labute approximate surface area is 119 Å². The van der Waals surface area contributed by atoms with Crippen LogP contribution in [0.25, 0.3) is 11.4 Å². The van der Waals surface area contributed by atoms with Crippen LogP contribution in [-0.4, -0.2) is 16.5 Å². The average molecular weight is 322 g/mol. The Morgan fingerprint density at radius 3 is 2.78 bits per heavy atom. The molecule has 1 aliphatic heterocycles. The van der Waals surface area contributed by atoms with E-state index in [0.29, 0.717) is 4.64 Å². The second kappa shape index (κ2) is 4.91. The lowest BCUT2D eigenvalue weighted by Crippen LogP contribution is -2.25. The third kappa shape index (κ3) is 2.25. The van der Waals surface area contributed by atoms with E-state index in [-0.39, 0.29) is 0 Å². The van der Waals surface area contributed by atoms with Crippen molar-refractivity contribution < 1.29 is 0 Å². The number of fused-ring (bicyclic) bond motifs is 1. The van der Waals surface area contributed by atoms with Crippen molar-refractivity contribution in [3.8, 4) is 11.4 Å². The third-order valence-electron chi connectivity index (χ3n) is 3.08. The van der Waals surface area contributed by atoms with Crippen molar-refractivity contribution in [1.82, 2.24) is 15.3 Å². The van der Waals surface area contributed by atoms with Crippen molar-refractivity contribution in [2.75, 3.05) is 6.54 Å². The Balaban J connectivity index is 2.11. The number of benzene rings is 1. The van der Waals surface area contributed by atoms with E-state index in [1.54, 1.807) is 0 Å². The summed E-state index contributed by atoms with van der Waals surface area (Å²) in [5.41, 5.74) is 3.41. The Morgan fingerprint density at radius 1 is 1.22 bits per heavy atom. The van der Waals surface area contributed by atoms with Crippen LogP contribution in [0.5, 0.6) is 0 Å². The number of hydrogen-bond donors (Lipinski definition) is 2. The number of hydrogen-bond acceptors (Lipinski definition) is 3. The fraction of sp³-hybridized carbons (Fsp3) is 0.231. The Hall–Kier alpha value is -1.04. The van der Waals surface area contributed by atoms with Gasteiger partial charge in [-0.05, 0) is 12.1 Å². The fourth-order valence-electron chi connectivity index (χ4n) is 2.11. The fourth-order valence-corrected chi connectivity index (χ4v) is 2.66. The molecule has 2 aromatic rings. The molecule has 0 atom stereocenters. The summed E-state index contributed by atoms with van der Waals surface area (Å²) in [7, 11) is 0. The zero-order valence-corrected chi connectivity index (χ0v) is 12.1. The zero-order chi connectivity index (χ0) is 12.5. The molecule has 0 unspecified atom stereocenters. The molecule has 3 rings (SSSR count). The first-order chi connectivity index (χ1) is 8.74. The lowest BCUT2D eigenvalue weighted by Gasteiger charge is -2.17. The van der Waals surface area contributed by atoms with E-state index in [1.165, 1.54) is 5.69 Å². The van der Waals surface area contributed by atoms with Gasteiger partial charge in [-0.25, -0.2) is 4.98 Å². The van der Waals surface area contributed by atoms with E-state index in [9.17, 15) is 0 Å². The molecule has 1 aliphatic rings. The third-order valence-corrected chi connectivity index (χ3v) is 3.94. The van der Waals surface area contributed by atoms with Gasteiger partial charge >= 0.3 is 0 Å². The van der Waals surface area contributed by atoms with Gasteiger partial charge in [0.25, 0.3) is 0 Å². The maximum Gasteiger partial charge on any atom is 0.139 e. The minimum atomic E-state index is 0.703. The maximum absolute atomic E-state index is 5.37. The Bertz CT molecular complexity index is 634. The summed E-state index contributed by atoms with van der Waals surface area (Å²) in [6.45, 7) is 1.81. The number of nitrogens with one attached hydrogen (secondary N) is 2. The molecule has 18 heavy (non-hydrogen) atoms. The Morgan fingerprint density at radius 2 is 2.00 bits per heavy atom. The largest absolute Gasteiger partial charge is 0.343 e. The van der Waals surface area contributed by atoms with Crippen LogP contribution >= 0.6 is 28.1 Å². The number of aromatic nitrogens is 2. The molecule has 3 nitrogen and oxygen atoms in total. The van der Waals surface area contributed by atoms with Crippen LogP contribution < -0.4 is 5.32 Å². The first-order valence-electron chi connectivity index (χ1n) is 5.83. The van der Waals surface area contributed by atoms with Gasteiger partial charge in [0.1, 0.15) is 10.5 Å². The van der Waals surface area contributed by atoms with Gasteiger partial charge in [-0.1, -0.05) is 40.3 Å². The summed E-state index contributed by atoms with van der Waals surface area (Å²) in [5, 5.41) is 3.32. The quantitative estimate of drug-likeness (QED) is 0.792. The van der Waals surface area contributed by atoms with Gasteiger partial charge in [-0.3, -0.25) is 0 Å². The predicted molar refractivity (Wildman–Crippen MR) is 78.0 cm³/mol. The van der Waals surface area contributed by atoms with E-state index < -0.39 is 0 Å². The van der Waals surface area contributed by atoms with Crippen LogP contribution in [0, 0.1) is 4.64 Å². The van der Waals surface area contributed by atoms with Crippen LogP contribution in [0.2, 0.25) is 0 Å². The highest BCUT2D eigenvalue weighted by atomic mass is 79.9. The first kappa shape index (κ1) is 12.0. The second-order valence-electron chi connectivity index (χ2n) is 4.28. The smallest absolute Gasteiger partial charge is 0.139 e. The lowest BCUT2D eigenvalue weighted by molar-refractivity contribution is 0.624. The van der Waals surface area contributed by atoms with E-state index in [2.05, 4.69) is 31.2 Å². The summed E-state index contributed by atoms with van der Waals surface area (Å²) in [6, 6.07) is 8.08. The van der Waals surface area contributed by atoms with Crippen molar-refractivity contribution in [2.24, 2.45) is 0 Å². The SMILES string of the molecule is S=c1nc(-c2ccc(Br)cc2)[nH]c2c1CNCC2. The van der Waals surface area contributed by atoms with Crippen molar-refractivity contribution in [3.05, 3.63) is 44.6 Å². The highest BCUT2D eigenvalue weighted by molar-refractivity contribution is 9.10. The maximum atomic E-state index is 5.37. The minimum Gasteiger partial charge on any atom is -0.343 e. The van der Waals surface area contributed by atoms with E-state index in [0.717, 1.165) is 40.9 Å². The molecule has 0 saturated heterocycles. The van der Waals surface area contributed by atoms with Gasteiger partial charge in [-0.2, -0.15) is 0 Å². The van der Waals surface area contributed by atoms with E-state index in [1.807, 2.05) is 24.3 Å². The van der Waals surface area contributed by atoms with Crippen LogP contribution in [0.4, 0.5) is 0 Å². The van der Waals surface area contributed by atoms with Crippen molar-refractivity contribution >= 4 is 28.1 Å². The van der Waals surface area contributed by atoms with E-state index in [4.69, 9.17) is 12.2 Å². The average Bonchev–Trinajstić information content (AvgIpc) is 2.39. The molecule has 2 N–H and O–H groups in total. The highest BCUT2D eigenvalue weighted by Gasteiger charge is 2.13. The molecule has 0 amide bonds. The molecule has 0 spiro atoms. The topological polar surface area (TPSA) is 40.7 Å². The molecule has 92 valence electrons. The lowest BCUT2D eigenvalue weighted by atomic mass is 10.1. The molecule has 0 fully saturated rings. The predicted octanol–water partition coefficient (Wildman–Crippen LogP) is 3.21. The molecule has 0 radical (unpaired) electrons. The number of H-pyrrole nitrogens is 1. The summed E-state index contributed by atoms with van der Waals surface area (Å²) in [4.78, 5) is 7.90. The van der Waals surface area contributed by atoms with Gasteiger partial charge in [0, 0.05) is 40.8 Å². The molecular formula is C13H12BrN3S. The molecule has 0 bridgehead atoms. The second-order valence-corrected chi connectivity index (χ2v) is 5.58. The van der Waals surface area contributed by atoms with Gasteiger partial charge in [0.2, 0.25) is 0 Å². The summed E-state index contributed by atoms with van der Waals surface area (Å²) >= 11 is 8.80. The van der Waals surface area contributed by atoms with Gasteiger partial charge in [0.15, 0.2) is 0 Å². The van der Waals surface area contributed by atoms with Crippen molar-refractivity contribution in [2.45, 2.75) is 13.0 Å². The number of rotatable bonds is 1. The summed E-state index contributed by atoms with van der Waals surface area (Å²) in [5.74, 6) is 0.855. The van der Waals surface area contributed by atoms with Crippen LogP contribution in [0.3, 0.4) is 0 Å². The molecule has 2 heterocycles. The standard InChI is InChI=1S/C13H12BrN3S/c14-9-3-1-8(2-4-9)12-16-11-5-6-15-7-10(11)13(18)17-12/h1-4,15H,5-7H2,(H,16,17,18). The number of halogens is 1. The van der Waals surface area contributed by atoms with Crippen LogP contribution in [0.1, 0.15) is 11.3 Å². The molecule has 0 aliphatic carbocycles. The number of nitrogens with zero attached hydrogens (tertiary/aromatic N) is 1. The normalized spacial score (nSPS) is 14.3. The molecule has 5 heteroatoms. The molecule has 1 aromatic carbocycles. The zero-order valence-electron chi connectivity index (χ0n) is 9.66. The number of aromatic amines is 1. The van der Waals surface area contributed by atoms with Gasteiger partial charge < -0.3 is 10.3 Å². The molecular weight excluding hydrogens is 310 g/mol. The summed E-state index contributed by atoms with van der Waals surface area (Å²) < 4.78 is 1.76. The molecule has 1 aromatic heterocycles. The van der Waals surface area contributed by atoms with Crippen molar-refractivity contribution in [1.29, 1.82) is 0 Å². The highest BCUT2D eigenvalue weighted by Crippen LogP contribution is 2.21. The summed E-state index contributed by atoms with van der Waals surface area (Å²) in [6.07, 6.45) is 0.977. The van der Waals surface area contributed by atoms with Crippen LogP contribution in [-0.2, 0) is 13.0 Å². The Kier molecular flexibility index (Phi) is 3.28. The van der Waals surface area contributed by atoms with Crippen molar-refractivity contribution in [3.63, 3.8) is 0 Å². The molecule has 0 saturated carbocycles. The first-order valence-corrected chi connectivity index (χ1v) is 7.03. The van der Waals surface area contributed by atoms with Gasteiger partial charge in [-0.15, -0.1) is 0 Å².